The van der Waals surface area contributed by atoms with E-state index in [1.807, 2.05) is 23.1 Å². The third kappa shape index (κ3) is 2.47. The van der Waals surface area contributed by atoms with E-state index in [-0.39, 0.29) is 17.8 Å². The molecule has 1 aromatic heterocycles. The molecule has 0 radical (unpaired) electrons. The molecule has 0 saturated carbocycles. The Morgan fingerprint density at radius 1 is 1.37 bits per heavy atom. The molecule has 1 amide bonds. The van der Waals surface area contributed by atoms with Crippen molar-refractivity contribution in [1.29, 1.82) is 0 Å². The fourth-order valence-corrected chi connectivity index (χ4v) is 2.58. The molecule has 2 heterocycles. The highest BCUT2D eigenvalue weighted by Gasteiger charge is 2.31. The van der Waals surface area contributed by atoms with Crippen LogP contribution >= 0.6 is 0 Å². The van der Waals surface area contributed by atoms with E-state index in [4.69, 9.17) is 0 Å². The lowest BCUT2D eigenvalue weighted by Crippen LogP contribution is -2.37. The lowest BCUT2D eigenvalue weighted by molar-refractivity contribution is 0.0724. The lowest BCUT2D eigenvalue weighted by Gasteiger charge is -2.23. The maximum atomic E-state index is 12.2. The van der Waals surface area contributed by atoms with Gasteiger partial charge in [-0.15, -0.1) is 10.2 Å². The van der Waals surface area contributed by atoms with Crippen LogP contribution in [0.15, 0.2) is 30.3 Å². The highest BCUT2D eigenvalue weighted by molar-refractivity contribution is 5.90. The number of aromatic amines is 1. The second-order valence-electron chi connectivity index (χ2n) is 4.72. The van der Waals surface area contributed by atoms with Gasteiger partial charge in [0.05, 0.1) is 0 Å². The first kappa shape index (κ1) is 11.8. The molecular weight excluding hydrogens is 242 g/mol. The average Bonchev–Trinajstić information content (AvgIpc) is 3.10. The van der Waals surface area contributed by atoms with E-state index in [1.165, 1.54) is 5.56 Å². The van der Waals surface area contributed by atoms with Crippen LogP contribution in [-0.4, -0.2) is 44.0 Å². The Kier molecular flexibility index (Phi) is 3.22. The van der Waals surface area contributed by atoms with Gasteiger partial charge >= 0.3 is 0 Å². The largest absolute Gasteiger partial charge is 0.332 e. The number of benzene rings is 1. The Morgan fingerprint density at radius 2 is 2.21 bits per heavy atom. The Hall–Kier alpha value is -2.24. The highest BCUT2D eigenvalue weighted by Crippen LogP contribution is 2.22. The molecule has 1 aromatic carbocycles. The molecule has 0 bridgehead atoms. The number of likely N-dealkylation sites (tertiary alicyclic amines) is 1. The molecule has 0 aliphatic carbocycles. The van der Waals surface area contributed by atoms with Gasteiger partial charge in [0.15, 0.2) is 0 Å². The van der Waals surface area contributed by atoms with Crippen molar-refractivity contribution in [3.8, 4) is 0 Å². The van der Waals surface area contributed by atoms with Crippen LogP contribution in [0, 0.1) is 0 Å². The van der Waals surface area contributed by atoms with Gasteiger partial charge in [0, 0.05) is 12.6 Å². The minimum Gasteiger partial charge on any atom is -0.332 e. The van der Waals surface area contributed by atoms with Gasteiger partial charge in [-0.2, -0.15) is 5.21 Å². The predicted octanol–water partition coefficient (Wildman–Crippen LogP) is 1.05. The standard InChI is InChI=1S/C13H15N5O/c19-13(12-14-16-17-15-12)18-8-4-7-11(18)9-10-5-2-1-3-6-10/h1-3,5-6,11H,4,7-9H2,(H,14,15,16,17). The van der Waals surface area contributed by atoms with Gasteiger partial charge in [-0.05, 0) is 30.0 Å². The van der Waals surface area contributed by atoms with Crippen LogP contribution in [0.2, 0.25) is 0 Å². The Bertz CT molecular complexity index is 539. The minimum absolute atomic E-state index is 0.132. The van der Waals surface area contributed by atoms with Crippen molar-refractivity contribution in [2.75, 3.05) is 6.54 Å². The zero-order chi connectivity index (χ0) is 13.1. The zero-order valence-electron chi connectivity index (χ0n) is 10.5. The maximum Gasteiger partial charge on any atom is 0.295 e. The number of carbonyl (C=O) groups excluding carboxylic acids is 1. The second-order valence-corrected chi connectivity index (χ2v) is 4.72. The van der Waals surface area contributed by atoms with E-state index in [2.05, 4.69) is 32.8 Å². The summed E-state index contributed by atoms with van der Waals surface area (Å²) in [5, 5.41) is 13.3. The van der Waals surface area contributed by atoms with E-state index in [0.29, 0.717) is 0 Å². The van der Waals surface area contributed by atoms with Gasteiger partial charge in [0.2, 0.25) is 0 Å². The first-order chi connectivity index (χ1) is 9.34. The van der Waals surface area contributed by atoms with Gasteiger partial charge in [0.25, 0.3) is 11.7 Å². The lowest BCUT2D eigenvalue weighted by atomic mass is 10.0. The number of aromatic nitrogens is 4. The summed E-state index contributed by atoms with van der Waals surface area (Å²) in [4.78, 5) is 14.1. The van der Waals surface area contributed by atoms with Crippen molar-refractivity contribution in [3.63, 3.8) is 0 Å². The van der Waals surface area contributed by atoms with Crippen LogP contribution in [-0.2, 0) is 6.42 Å². The molecule has 98 valence electrons. The second kappa shape index (κ2) is 5.17. The smallest absolute Gasteiger partial charge is 0.295 e. The number of nitrogens with one attached hydrogen (secondary N) is 1. The first-order valence-electron chi connectivity index (χ1n) is 6.43. The summed E-state index contributed by atoms with van der Waals surface area (Å²) in [5.74, 6) is 0.0205. The number of nitrogens with zero attached hydrogens (tertiary/aromatic N) is 4. The molecule has 1 unspecified atom stereocenters. The molecule has 1 N–H and O–H groups in total. The predicted molar refractivity (Wildman–Crippen MR) is 68.4 cm³/mol. The van der Waals surface area contributed by atoms with Crippen molar-refractivity contribution in [1.82, 2.24) is 25.5 Å². The van der Waals surface area contributed by atoms with Gasteiger partial charge in [-0.3, -0.25) is 4.79 Å². The topological polar surface area (TPSA) is 74.8 Å². The van der Waals surface area contributed by atoms with Crippen molar-refractivity contribution in [2.45, 2.75) is 25.3 Å². The summed E-state index contributed by atoms with van der Waals surface area (Å²) in [7, 11) is 0. The quantitative estimate of drug-likeness (QED) is 0.891. The van der Waals surface area contributed by atoms with Crippen molar-refractivity contribution in [2.24, 2.45) is 0 Å². The van der Waals surface area contributed by atoms with E-state index in [9.17, 15) is 4.79 Å². The van der Waals surface area contributed by atoms with Crippen LogP contribution in [0.5, 0.6) is 0 Å². The van der Waals surface area contributed by atoms with Crippen LogP contribution < -0.4 is 0 Å². The number of H-pyrrole nitrogens is 1. The fraction of sp³-hybridized carbons (Fsp3) is 0.385. The van der Waals surface area contributed by atoms with Crippen LogP contribution in [0.4, 0.5) is 0 Å². The number of carbonyl (C=O) groups is 1. The molecule has 2 aromatic rings. The van der Waals surface area contributed by atoms with Crippen molar-refractivity contribution < 1.29 is 4.79 Å². The van der Waals surface area contributed by atoms with Crippen molar-refractivity contribution in [3.05, 3.63) is 41.7 Å². The first-order valence-corrected chi connectivity index (χ1v) is 6.43. The Morgan fingerprint density at radius 3 is 2.95 bits per heavy atom. The van der Waals surface area contributed by atoms with Crippen LogP contribution in [0.3, 0.4) is 0 Å². The third-order valence-electron chi connectivity index (χ3n) is 3.49. The molecule has 1 aliphatic rings. The van der Waals surface area contributed by atoms with E-state index in [0.717, 1.165) is 25.8 Å². The third-order valence-corrected chi connectivity index (χ3v) is 3.49. The number of rotatable bonds is 3. The summed E-state index contributed by atoms with van der Waals surface area (Å²) < 4.78 is 0. The van der Waals surface area contributed by atoms with E-state index in [1.54, 1.807) is 0 Å². The number of tetrazole rings is 1. The summed E-state index contributed by atoms with van der Waals surface area (Å²) in [5.41, 5.74) is 1.25. The molecule has 0 spiro atoms. The Labute approximate surface area is 110 Å². The minimum atomic E-state index is -0.132. The molecule has 1 fully saturated rings. The summed E-state index contributed by atoms with van der Waals surface area (Å²) in [6, 6.07) is 10.5. The maximum absolute atomic E-state index is 12.2. The molecule has 1 atom stereocenters. The van der Waals surface area contributed by atoms with Gasteiger partial charge < -0.3 is 4.90 Å². The summed E-state index contributed by atoms with van der Waals surface area (Å²) in [6.45, 7) is 0.769. The SMILES string of the molecule is O=C(c1nn[nH]n1)N1CCCC1Cc1ccccc1. The van der Waals surface area contributed by atoms with E-state index >= 15 is 0 Å². The van der Waals surface area contributed by atoms with Gasteiger partial charge in [-0.1, -0.05) is 30.3 Å². The molecule has 3 rings (SSSR count). The molecular formula is C13H15N5O. The average molecular weight is 257 g/mol. The normalized spacial score (nSPS) is 18.7. The molecule has 1 saturated heterocycles. The summed E-state index contributed by atoms with van der Waals surface area (Å²) in [6.07, 6.45) is 2.93. The molecule has 19 heavy (non-hydrogen) atoms. The number of hydrogen-bond donors (Lipinski definition) is 1. The Balaban J connectivity index is 1.73. The number of amides is 1. The highest BCUT2D eigenvalue weighted by atomic mass is 16.2. The fourth-order valence-electron chi connectivity index (χ4n) is 2.58. The van der Waals surface area contributed by atoms with Crippen LogP contribution in [0.1, 0.15) is 29.0 Å². The van der Waals surface area contributed by atoms with Gasteiger partial charge in [-0.25, -0.2) is 0 Å². The summed E-state index contributed by atoms with van der Waals surface area (Å²) >= 11 is 0. The number of hydrogen-bond acceptors (Lipinski definition) is 4. The van der Waals surface area contributed by atoms with Gasteiger partial charge in [0.1, 0.15) is 0 Å². The zero-order valence-corrected chi connectivity index (χ0v) is 10.5. The molecule has 6 nitrogen and oxygen atoms in total. The monoisotopic (exact) mass is 257 g/mol. The van der Waals surface area contributed by atoms with E-state index < -0.39 is 0 Å². The van der Waals surface area contributed by atoms with Crippen LogP contribution in [0.25, 0.3) is 0 Å². The molecule has 6 heteroatoms. The van der Waals surface area contributed by atoms with Crippen molar-refractivity contribution >= 4 is 5.91 Å². The molecule has 1 aliphatic heterocycles.